The quantitative estimate of drug-likeness (QED) is 0.704. The first-order chi connectivity index (χ1) is 5.46. The van der Waals surface area contributed by atoms with Gasteiger partial charge in [0, 0.05) is 6.92 Å². The highest BCUT2D eigenvalue weighted by Gasteiger charge is 2.32. The Morgan fingerprint density at radius 1 is 1.33 bits per heavy atom. The SMILES string of the molecule is CSC(=O)C(C)(NC(C)=O)SC. The average Bonchev–Trinajstić information content (AvgIpc) is 2.01. The van der Waals surface area contributed by atoms with E-state index >= 15 is 0 Å². The lowest BCUT2D eigenvalue weighted by molar-refractivity contribution is -0.123. The van der Waals surface area contributed by atoms with Crippen LogP contribution in [0.5, 0.6) is 0 Å². The summed E-state index contributed by atoms with van der Waals surface area (Å²) in [7, 11) is 0. The van der Waals surface area contributed by atoms with Crippen LogP contribution in [0.25, 0.3) is 0 Å². The van der Waals surface area contributed by atoms with Crippen LogP contribution in [0.3, 0.4) is 0 Å². The fourth-order valence-electron chi connectivity index (χ4n) is 0.716. The van der Waals surface area contributed by atoms with E-state index in [9.17, 15) is 9.59 Å². The number of carbonyl (C=O) groups is 2. The van der Waals surface area contributed by atoms with Gasteiger partial charge < -0.3 is 5.32 Å². The molecule has 0 rings (SSSR count). The van der Waals surface area contributed by atoms with Gasteiger partial charge in [-0.15, -0.1) is 11.8 Å². The van der Waals surface area contributed by atoms with Gasteiger partial charge in [-0.2, -0.15) is 0 Å². The normalized spacial score (nSPS) is 15.0. The second kappa shape index (κ2) is 4.77. The Morgan fingerprint density at radius 3 is 2.08 bits per heavy atom. The van der Waals surface area contributed by atoms with E-state index in [0.717, 1.165) is 11.8 Å². The van der Waals surface area contributed by atoms with Crippen molar-refractivity contribution in [2.45, 2.75) is 18.7 Å². The molecule has 0 aliphatic heterocycles. The van der Waals surface area contributed by atoms with Crippen LogP contribution in [0.4, 0.5) is 0 Å². The number of carbonyl (C=O) groups excluding carboxylic acids is 2. The van der Waals surface area contributed by atoms with Crippen molar-refractivity contribution in [1.82, 2.24) is 5.32 Å². The molecule has 0 aromatic heterocycles. The van der Waals surface area contributed by atoms with Crippen molar-refractivity contribution >= 4 is 34.5 Å². The van der Waals surface area contributed by atoms with Gasteiger partial charge in [0.25, 0.3) is 0 Å². The first-order valence-corrected chi connectivity index (χ1v) is 5.83. The molecule has 0 aromatic carbocycles. The van der Waals surface area contributed by atoms with Crippen molar-refractivity contribution in [2.24, 2.45) is 0 Å². The lowest BCUT2D eigenvalue weighted by atomic mass is 10.3. The highest BCUT2D eigenvalue weighted by molar-refractivity contribution is 8.15. The lowest BCUT2D eigenvalue weighted by Gasteiger charge is -2.25. The summed E-state index contributed by atoms with van der Waals surface area (Å²) in [5.74, 6) is -0.186. The van der Waals surface area contributed by atoms with E-state index in [0.29, 0.717) is 0 Å². The molecule has 70 valence electrons. The molecule has 0 saturated heterocycles. The summed E-state index contributed by atoms with van der Waals surface area (Å²) in [5, 5.41) is 2.57. The van der Waals surface area contributed by atoms with Crippen LogP contribution in [-0.4, -0.2) is 28.4 Å². The average molecular weight is 207 g/mol. The van der Waals surface area contributed by atoms with Crippen LogP contribution in [0.2, 0.25) is 0 Å². The molecule has 0 aromatic rings. The predicted molar refractivity (Wildman–Crippen MR) is 54.3 cm³/mol. The van der Waals surface area contributed by atoms with Crippen LogP contribution in [0.15, 0.2) is 0 Å². The molecule has 1 atom stereocenters. The van der Waals surface area contributed by atoms with E-state index in [4.69, 9.17) is 0 Å². The third-order valence-electron chi connectivity index (χ3n) is 1.40. The van der Waals surface area contributed by atoms with Crippen molar-refractivity contribution in [1.29, 1.82) is 0 Å². The molecule has 5 heteroatoms. The van der Waals surface area contributed by atoms with Gasteiger partial charge in [-0.3, -0.25) is 9.59 Å². The molecule has 3 nitrogen and oxygen atoms in total. The highest BCUT2D eigenvalue weighted by Crippen LogP contribution is 2.24. The van der Waals surface area contributed by atoms with E-state index in [2.05, 4.69) is 5.32 Å². The molecule has 0 bridgehead atoms. The Hall–Kier alpha value is -0.160. The van der Waals surface area contributed by atoms with Crippen molar-refractivity contribution in [3.8, 4) is 0 Å². The van der Waals surface area contributed by atoms with E-state index in [-0.39, 0.29) is 11.0 Å². The number of hydrogen-bond acceptors (Lipinski definition) is 4. The molecule has 1 unspecified atom stereocenters. The largest absolute Gasteiger partial charge is 0.335 e. The first-order valence-electron chi connectivity index (χ1n) is 3.38. The van der Waals surface area contributed by atoms with Gasteiger partial charge in [0.15, 0.2) is 4.87 Å². The molecule has 0 spiro atoms. The van der Waals surface area contributed by atoms with Crippen molar-refractivity contribution < 1.29 is 9.59 Å². The van der Waals surface area contributed by atoms with Crippen molar-refractivity contribution in [2.75, 3.05) is 12.5 Å². The molecule has 0 aliphatic rings. The zero-order chi connectivity index (χ0) is 9.78. The first kappa shape index (κ1) is 11.8. The summed E-state index contributed by atoms with van der Waals surface area (Å²) in [6.45, 7) is 3.11. The third kappa shape index (κ3) is 3.06. The topological polar surface area (TPSA) is 46.2 Å². The van der Waals surface area contributed by atoms with E-state index in [1.165, 1.54) is 18.7 Å². The molecule has 1 N–H and O–H groups in total. The van der Waals surface area contributed by atoms with Crippen LogP contribution in [-0.2, 0) is 9.59 Å². The van der Waals surface area contributed by atoms with Gasteiger partial charge >= 0.3 is 0 Å². The third-order valence-corrected chi connectivity index (χ3v) is 3.41. The monoisotopic (exact) mass is 207 g/mol. The maximum atomic E-state index is 11.3. The van der Waals surface area contributed by atoms with E-state index in [1.807, 2.05) is 0 Å². The smallest absolute Gasteiger partial charge is 0.224 e. The zero-order valence-electron chi connectivity index (χ0n) is 7.63. The van der Waals surface area contributed by atoms with Crippen LogP contribution < -0.4 is 5.32 Å². The molecule has 0 saturated carbocycles. The van der Waals surface area contributed by atoms with Crippen LogP contribution in [0, 0.1) is 0 Å². The number of rotatable bonds is 3. The number of thioether (sulfide) groups is 2. The van der Waals surface area contributed by atoms with Gasteiger partial charge in [0.05, 0.1) is 0 Å². The van der Waals surface area contributed by atoms with Crippen LogP contribution in [0.1, 0.15) is 13.8 Å². The van der Waals surface area contributed by atoms with Gasteiger partial charge in [0.1, 0.15) is 0 Å². The fraction of sp³-hybridized carbons (Fsp3) is 0.714. The van der Waals surface area contributed by atoms with Crippen molar-refractivity contribution in [3.05, 3.63) is 0 Å². The molecular weight excluding hydrogens is 194 g/mol. The molecular formula is C7H13NO2S2. The standard InChI is InChI=1S/C7H13NO2S2/c1-5(9)8-7(2,12-4)6(10)11-3/h1-4H3,(H,8,9). The molecule has 0 heterocycles. The summed E-state index contributed by atoms with van der Waals surface area (Å²) in [5.41, 5.74) is 0. The second-order valence-corrected chi connectivity index (χ2v) is 4.41. The van der Waals surface area contributed by atoms with E-state index < -0.39 is 4.87 Å². The second-order valence-electron chi connectivity index (χ2n) is 2.41. The minimum absolute atomic E-state index is 0.0369. The van der Waals surface area contributed by atoms with Gasteiger partial charge in [-0.05, 0) is 19.4 Å². The Morgan fingerprint density at radius 2 is 1.83 bits per heavy atom. The summed E-state index contributed by atoms with van der Waals surface area (Å²) in [6, 6.07) is 0. The van der Waals surface area contributed by atoms with Crippen molar-refractivity contribution in [3.63, 3.8) is 0 Å². The fourth-order valence-corrected chi connectivity index (χ4v) is 2.07. The Bertz CT molecular complexity index is 196. The summed E-state index contributed by atoms with van der Waals surface area (Å²) in [6.07, 6.45) is 3.50. The Balaban J connectivity index is 4.44. The maximum Gasteiger partial charge on any atom is 0.224 e. The summed E-state index contributed by atoms with van der Waals surface area (Å²) < 4.78 is 0. The Kier molecular flexibility index (Phi) is 4.70. The van der Waals surface area contributed by atoms with Crippen LogP contribution >= 0.6 is 23.5 Å². The van der Waals surface area contributed by atoms with Gasteiger partial charge in [0.2, 0.25) is 11.0 Å². The molecule has 12 heavy (non-hydrogen) atoms. The molecule has 0 radical (unpaired) electrons. The lowest BCUT2D eigenvalue weighted by Crippen LogP contribution is -2.47. The number of amides is 1. The summed E-state index contributed by atoms with van der Waals surface area (Å²) in [4.78, 5) is 21.3. The minimum atomic E-state index is -0.786. The molecule has 0 aliphatic carbocycles. The van der Waals surface area contributed by atoms with Gasteiger partial charge in [-0.25, -0.2) is 0 Å². The minimum Gasteiger partial charge on any atom is -0.335 e. The highest BCUT2D eigenvalue weighted by atomic mass is 32.2. The van der Waals surface area contributed by atoms with E-state index in [1.54, 1.807) is 19.4 Å². The number of hydrogen-bond donors (Lipinski definition) is 1. The zero-order valence-corrected chi connectivity index (χ0v) is 9.27. The molecule has 1 amide bonds. The van der Waals surface area contributed by atoms with Gasteiger partial charge in [-0.1, -0.05) is 11.8 Å². The maximum absolute atomic E-state index is 11.3. The predicted octanol–water partition coefficient (Wildman–Crippen LogP) is 1.09. The molecule has 0 fully saturated rings. The number of nitrogens with one attached hydrogen (secondary N) is 1. The Labute approximate surface area is 81.0 Å². The summed E-state index contributed by atoms with van der Waals surface area (Å²) >= 11 is 2.45.